The largest absolute Gasteiger partial charge is 0.522 e. The van der Waals surface area contributed by atoms with E-state index in [1.807, 2.05) is 0 Å². The summed E-state index contributed by atoms with van der Waals surface area (Å²) in [6.07, 6.45) is -3.49. The van der Waals surface area contributed by atoms with E-state index >= 15 is 0 Å². The van der Waals surface area contributed by atoms with Crippen LogP contribution in [0.15, 0.2) is 16.7 Å². The van der Waals surface area contributed by atoms with Crippen molar-refractivity contribution in [3.63, 3.8) is 0 Å². The summed E-state index contributed by atoms with van der Waals surface area (Å²) in [6.45, 7) is -0.958. The number of amides is 1. The van der Waals surface area contributed by atoms with Gasteiger partial charge in [0.15, 0.2) is 5.82 Å². The van der Waals surface area contributed by atoms with Crippen LogP contribution >= 0.6 is 0 Å². The molecule has 0 saturated heterocycles. The quantitative estimate of drug-likeness (QED) is 0.401. The van der Waals surface area contributed by atoms with Gasteiger partial charge in [-0.1, -0.05) is 5.22 Å². The van der Waals surface area contributed by atoms with Crippen molar-refractivity contribution in [2.24, 2.45) is 16.1 Å². The van der Waals surface area contributed by atoms with Gasteiger partial charge in [-0.3, -0.25) is 9.53 Å². The fourth-order valence-corrected chi connectivity index (χ4v) is 0.902. The first-order chi connectivity index (χ1) is 8.40. The summed E-state index contributed by atoms with van der Waals surface area (Å²) >= 11 is 0. The molecule has 0 fully saturated rings. The second kappa shape index (κ2) is 5.95. The number of hydrogen-bond acceptors (Lipinski definition) is 5. The highest BCUT2D eigenvalue weighted by Crippen LogP contribution is 2.15. The van der Waals surface area contributed by atoms with Gasteiger partial charge in [0.25, 0.3) is 5.91 Å². The van der Waals surface area contributed by atoms with E-state index in [0.29, 0.717) is 0 Å². The summed E-state index contributed by atoms with van der Waals surface area (Å²) in [6, 6.07) is 0. The van der Waals surface area contributed by atoms with Gasteiger partial charge in [-0.05, 0) is 0 Å². The average molecular weight is 266 g/mol. The maximum Gasteiger partial charge on any atom is 0.522 e. The molecule has 0 radical (unpaired) electrons. The Bertz CT molecular complexity index is 429. The molecule has 0 aromatic carbocycles. The standard InChI is InChI=1S/C7H9F3N6O2/c8-7(9,10)18-2-1-14-16-15-6-4(5(11)17)12-3-13-6/h3H,1-2H2,(H2,11,17)(H,12,13)(H,14,15). The van der Waals surface area contributed by atoms with E-state index in [0.717, 1.165) is 0 Å². The van der Waals surface area contributed by atoms with Crippen molar-refractivity contribution < 1.29 is 22.7 Å². The normalized spacial score (nSPS) is 11.9. The maximum atomic E-state index is 11.6. The Morgan fingerprint density at radius 2 is 2.33 bits per heavy atom. The summed E-state index contributed by atoms with van der Waals surface area (Å²) in [5.41, 5.74) is 7.23. The van der Waals surface area contributed by atoms with Crippen LogP contribution in [0.2, 0.25) is 0 Å². The zero-order valence-electron chi connectivity index (χ0n) is 8.86. The number of alkyl halides is 3. The van der Waals surface area contributed by atoms with E-state index in [4.69, 9.17) is 5.73 Å². The van der Waals surface area contributed by atoms with Crippen molar-refractivity contribution in [3.8, 4) is 0 Å². The number of nitrogens with two attached hydrogens (primary N) is 1. The van der Waals surface area contributed by atoms with Crippen molar-refractivity contribution in [1.82, 2.24) is 9.97 Å². The predicted molar refractivity (Wildman–Crippen MR) is 52.5 cm³/mol. The van der Waals surface area contributed by atoms with Crippen molar-refractivity contribution >= 4 is 11.7 Å². The van der Waals surface area contributed by atoms with Gasteiger partial charge in [0.05, 0.1) is 19.5 Å². The van der Waals surface area contributed by atoms with Gasteiger partial charge < -0.3 is 10.7 Å². The van der Waals surface area contributed by atoms with Crippen molar-refractivity contribution in [1.29, 1.82) is 0 Å². The monoisotopic (exact) mass is 266 g/mol. The number of nitrogens with one attached hydrogen (secondary N) is 2. The average Bonchev–Trinajstić information content (AvgIpc) is 2.69. The highest BCUT2D eigenvalue weighted by Gasteiger charge is 2.28. The van der Waals surface area contributed by atoms with Crippen LogP contribution in [0.25, 0.3) is 0 Å². The number of aromatic nitrogens is 2. The van der Waals surface area contributed by atoms with Crippen LogP contribution in [-0.2, 0) is 4.74 Å². The summed E-state index contributed by atoms with van der Waals surface area (Å²) in [7, 11) is 0. The smallest absolute Gasteiger partial charge is 0.364 e. The fraction of sp³-hybridized carbons (Fsp3) is 0.429. The molecular formula is C7H9F3N6O2. The Hall–Kier alpha value is -2.17. The molecular weight excluding hydrogens is 257 g/mol. The first-order valence-corrected chi connectivity index (χ1v) is 4.56. The first-order valence-electron chi connectivity index (χ1n) is 4.56. The van der Waals surface area contributed by atoms with E-state index in [2.05, 4.69) is 30.5 Å². The van der Waals surface area contributed by atoms with Crippen LogP contribution in [0.3, 0.4) is 0 Å². The molecule has 0 aliphatic rings. The van der Waals surface area contributed by atoms with E-state index in [-0.39, 0.29) is 18.1 Å². The molecule has 1 heterocycles. The molecule has 0 aliphatic carbocycles. The third-order valence-electron chi connectivity index (χ3n) is 1.57. The number of hydrogen-bond donors (Lipinski definition) is 3. The number of carbonyl (C=O) groups is 1. The maximum absolute atomic E-state index is 11.6. The van der Waals surface area contributed by atoms with E-state index in [9.17, 15) is 18.0 Å². The van der Waals surface area contributed by atoms with Crippen LogP contribution in [0, 0.1) is 0 Å². The molecule has 1 aromatic rings. The highest BCUT2D eigenvalue weighted by molar-refractivity contribution is 5.95. The Labute approximate surface area is 98.4 Å². The molecule has 0 spiro atoms. The Balaban J connectivity index is 2.32. The Morgan fingerprint density at radius 1 is 1.61 bits per heavy atom. The lowest BCUT2D eigenvalue weighted by Gasteiger charge is -2.04. The van der Waals surface area contributed by atoms with Gasteiger partial charge in [-0.2, -0.15) is 5.11 Å². The summed E-state index contributed by atoms with van der Waals surface area (Å²) in [5, 5.41) is 6.65. The lowest BCUT2D eigenvalue weighted by atomic mass is 10.4. The molecule has 18 heavy (non-hydrogen) atoms. The third-order valence-corrected chi connectivity index (χ3v) is 1.57. The number of carbonyl (C=O) groups excluding carboxylic acids is 1. The number of halogens is 3. The van der Waals surface area contributed by atoms with Gasteiger partial charge in [-0.25, -0.2) is 10.4 Å². The first kappa shape index (κ1) is 13.9. The molecule has 8 nitrogen and oxygen atoms in total. The number of nitrogens with zero attached hydrogens (tertiary/aromatic N) is 3. The van der Waals surface area contributed by atoms with E-state index in [1.165, 1.54) is 6.33 Å². The highest BCUT2D eigenvalue weighted by atomic mass is 19.4. The fourth-order valence-electron chi connectivity index (χ4n) is 0.902. The molecule has 1 aromatic heterocycles. The van der Waals surface area contributed by atoms with Crippen LogP contribution in [0.1, 0.15) is 10.5 Å². The number of ether oxygens (including phenoxy) is 1. The summed E-state index contributed by atoms with van der Waals surface area (Å²) < 4.78 is 38.1. The number of rotatable bonds is 6. The minimum Gasteiger partial charge on any atom is -0.364 e. The van der Waals surface area contributed by atoms with Gasteiger partial charge in [0, 0.05) is 0 Å². The molecule has 4 N–H and O–H groups in total. The summed E-state index contributed by atoms with van der Waals surface area (Å²) in [4.78, 5) is 16.9. The minimum atomic E-state index is -4.69. The van der Waals surface area contributed by atoms with Crippen molar-refractivity contribution in [2.75, 3.05) is 18.6 Å². The Kier molecular flexibility index (Phi) is 4.59. The molecule has 0 aliphatic heterocycles. The van der Waals surface area contributed by atoms with E-state index in [1.54, 1.807) is 0 Å². The van der Waals surface area contributed by atoms with Gasteiger partial charge >= 0.3 is 6.36 Å². The molecule has 11 heteroatoms. The number of H-pyrrole nitrogens is 1. The SMILES string of the molecule is NC(=O)c1[nH]cnc1NN=NCCOC(F)(F)F. The lowest BCUT2D eigenvalue weighted by Crippen LogP contribution is -2.15. The number of anilines is 1. The zero-order chi connectivity index (χ0) is 13.6. The molecule has 0 unspecified atom stereocenters. The third kappa shape index (κ3) is 4.78. The molecule has 0 saturated carbocycles. The van der Waals surface area contributed by atoms with Crippen LogP contribution in [0.5, 0.6) is 0 Å². The van der Waals surface area contributed by atoms with Gasteiger partial charge in [0.2, 0.25) is 0 Å². The lowest BCUT2D eigenvalue weighted by molar-refractivity contribution is -0.323. The Morgan fingerprint density at radius 3 is 2.94 bits per heavy atom. The van der Waals surface area contributed by atoms with Gasteiger partial charge in [0.1, 0.15) is 5.69 Å². The van der Waals surface area contributed by atoms with Crippen LogP contribution < -0.4 is 11.2 Å². The summed E-state index contributed by atoms with van der Waals surface area (Å²) in [5.74, 6) is -0.728. The minimum absolute atomic E-state index is 0.0134. The van der Waals surface area contributed by atoms with Crippen LogP contribution in [0.4, 0.5) is 19.0 Å². The number of primary amides is 1. The van der Waals surface area contributed by atoms with E-state index < -0.39 is 18.9 Å². The van der Waals surface area contributed by atoms with Gasteiger partial charge in [-0.15, -0.1) is 13.2 Å². The zero-order valence-corrected chi connectivity index (χ0v) is 8.86. The second-order valence-corrected chi connectivity index (χ2v) is 2.86. The predicted octanol–water partition coefficient (Wildman–Crippen LogP) is 0.824. The molecule has 1 amide bonds. The number of imidazole rings is 1. The molecule has 0 bridgehead atoms. The number of aromatic amines is 1. The van der Waals surface area contributed by atoms with Crippen LogP contribution in [-0.4, -0.2) is 35.4 Å². The topological polar surface area (TPSA) is 118 Å². The second-order valence-electron chi connectivity index (χ2n) is 2.86. The molecule has 1 rings (SSSR count). The van der Waals surface area contributed by atoms with Crippen molar-refractivity contribution in [2.45, 2.75) is 6.36 Å². The molecule has 0 atom stereocenters. The van der Waals surface area contributed by atoms with Crippen molar-refractivity contribution in [3.05, 3.63) is 12.0 Å². The molecule has 100 valence electrons.